The molecule has 0 aliphatic carbocycles. The molecule has 3 heteroatoms. The van der Waals surface area contributed by atoms with Crippen LogP contribution in [0.1, 0.15) is 94.7 Å². The van der Waals surface area contributed by atoms with Gasteiger partial charge in [-0.2, -0.15) is 0 Å². The van der Waals surface area contributed by atoms with Crippen molar-refractivity contribution >= 4 is 5.71 Å². The predicted molar refractivity (Wildman–Crippen MR) is 102 cm³/mol. The van der Waals surface area contributed by atoms with Crippen molar-refractivity contribution in [1.82, 2.24) is 0 Å². The molecule has 2 N–H and O–H groups in total. The normalized spacial score (nSPS) is 11.9. The number of aromatic hydroxyl groups is 1. The summed E-state index contributed by atoms with van der Waals surface area (Å²) in [6.45, 7) is 5.86. The lowest BCUT2D eigenvalue weighted by Crippen LogP contribution is -1.99. The number of rotatable bonds is 12. The summed E-state index contributed by atoms with van der Waals surface area (Å²) in [6, 6.07) is 3.99. The largest absolute Gasteiger partial charge is 0.507 e. The Morgan fingerprint density at radius 2 is 1.46 bits per heavy atom. The SMILES string of the molecule is CCCCCCCCCCCCc1cc(C)c(O)c(/C(C)=N\O)c1. The van der Waals surface area contributed by atoms with Gasteiger partial charge in [0.15, 0.2) is 0 Å². The fraction of sp³-hybridized carbons (Fsp3) is 0.667. The molecule has 0 heterocycles. The monoisotopic (exact) mass is 333 g/mol. The zero-order valence-corrected chi connectivity index (χ0v) is 15.8. The quantitative estimate of drug-likeness (QED) is 0.202. The first-order chi connectivity index (χ1) is 11.6. The Balaban J connectivity index is 2.27. The fourth-order valence-corrected chi connectivity index (χ4v) is 3.14. The molecule has 136 valence electrons. The van der Waals surface area contributed by atoms with Gasteiger partial charge in [-0.1, -0.05) is 75.9 Å². The van der Waals surface area contributed by atoms with Crippen LogP contribution in [0.5, 0.6) is 5.75 Å². The maximum Gasteiger partial charge on any atom is 0.127 e. The number of phenols is 1. The van der Waals surface area contributed by atoms with E-state index in [0.717, 1.165) is 12.0 Å². The molecule has 0 bridgehead atoms. The van der Waals surface area contributed by atoms with Crippen LogP contribution in [-0.2, 0) is 6.42 Å². The highest BCUT2D eigenvalue weighted by molar-refractivity contribution is 6.01. The van der Waals surface area contributed by atoms with Gasteiger partial charge < -0.3 is 10.3 Å². The number of aryl methyl sites for hydroxylation is 2. The van der Waals surface area contributed by atoms with E-state index in [1.807, 2.05) is 19.1 Å². The Hall–Kier alpha value is -1.51. The molecule has 0 saturated carbocycles. The van der Waals surface area contributed by atoms with Crippen LogP contribution in [0.3, 0.4) is 0 Å². The summed E-state index contributed by atoms with van der Waals surface area (Å²) in [5, 5.41) is 22.2. The third kappa shape index (κ3) is 7.37. The van der Waals surface area contributed by atoms with Gasteiger partial charge in [-0.05, 0) is 43.9 Å². The number of phenolic OH excluding ortho intramolecular Hbond substituents is 1. The van der Waals surface area contributed by atoms with Crippen LogP contribution in [0, 0.1) is 6.92 Å². The van der Waals surface area contributed by atoms with E-state index >= 15 is 0 Å². The van der Waals surface area contributed by atoms with E-state index in [4.69, 9.17) is 5.21 Å². The summed E-state index contributed by atoms with van der Waals surface area (Å²) in [6.07, 6.45) is 14.4. The van der Waals surface area contributed by atoms with Crippen molar-refractivity contribution < 1.29 is 10.3 Å². The van der Waals surface area contributed by atoms with E-state index < -0.39 is 0 Å². The Bertz CT molecular complexity index is 509. The van der Waals surface area contributed by atoms with Crippen molar-refractivity contribution in [2.75, 3.05) is 0 Å². The molecule has 1 aromatic carbocycles. The molecule has 24 heavy (non-hydrogen) atoms. The van der Waals surface area contributed by atoms with Gasteiger partial charge in [-0.15, -0.1) is 0 Å². The van der Waals surface area contributed by atoms with Crippen molar-refractivity contribution in [3.8, 4) is 5.75 Å². The second-order valence-electron chi connectivity index (χ2n) is 6.93. The lowest BCUT2D eigenvalue weighted by molar-refractivity contribution is 0.318. The maximum absolute atomic E-state index is 10.1. The fourth-order valence-electron chi connectivity index (χ4n) is 3.14. The van der Waals surface area contributed by atoms with Gasteiger partial charge in [0.25, 0.3) is 0 Å². The standard InChI is InChI=1S/C21H35NO2/c1-4-5-6-7-8-9-10-11-12-13-14-19-15-17(2)21(23)20(16-19)18(3)22-24/h15-16,23-24H,4-14H2,1-3H3/b22-18-. The Labute approximate surface area is 147 Å². The van der Waals surface area contributed by atoms with Crippen molar-refractivity contribution in [2.24, 2.45) is 5.16 Å². The minimum atomic E-state index is 0.220. The van der Waals surface area contributed by atoms with Crippen molar-refractivity contribution in [3.63, 3.8) is 0 Å². The predicted octanol–water partition coefficient (Wildman–Crippen LogP) is 6.36. The van der Waals surface area contributed by atoms with Gasteiger partial charge in [-0.3, -0.25) is 0 Å². The second kappa shape index (κ2) is 11.9. The van der Waals surface area contributed by atoms with Gasteiger partial charge >= 0.3 is 0 Å². The molecule has 0 aromatic heterocycles. The molecule has 1 aromatic rings. The lowest BCUT2D eigenvalue weighted by Gasteiger charge is -2.10. The van der Waals surface area contributed by atoms with Crippen LogP contribution in [0.4, 0.5) is 0 Å². The summed E-state index contributed by atoms with van der Waals surface area (Å²) >= 11 is 0. The summed E-state index contributed by atoms with van der Waals surface area (Å²) < 4.78 is 0. The molecule has 0 unspecified atom stereocenters. The average molecular weight is 334 g/mol. The van der Waals surface area contributed by atoms with E-state index in [1.165, 1.54) is 69.8 Å². The first kappa shape index (κ1) is 20.5. The highest BCUT2D eigenvalue weighted by atomic mass is 16.4. The first-order valence-corrected chi connectivity index (χ1v) is 9.61. The Morgan fingerprint density at radius 1 is 0.917 bits per heavy atom. The van der Waals surface area contributed by atoms with E-state index in [2.05, 4.69) is 12.1 Å². The van der Waals surface area contributed by atoms with Crippen LogP contribution < -0.4 is 0 Å². The molecule has 0 amide bonds. The molecule has 1 rings (SSSR count). The number of oxime groups is 1. The highest BCUT2D eigenvalue weighted by Crippen LogP contribution is 2.25. The molecule has 0 aliphatic rings. The minimum absolute atomic E-state index is 0.220. The zero-order chi connectivity index (χ0) is 17.8. The smallest absolute Gasteiger partial charge is 0.127 e. The Kier molecular flexibility index (Phi) is 10.2. The average Bonchev–Trinajstić information content (AvgIpc) is 2.58. The molecule has 0 fully saturated rings. The van der Waals surface area contributed by atoms with Gasteiger partial charge in [0.2, 0.25) is 0 Å². The van der Waals surface area contributed by atoms with Gasteiger partial charge in [0, 0.05) is 5.56 Å². The third-order valence-electron chi connectivity index (χ3n) is 4.72. The van der Waals surface area contributed by atoms with Gasteiger partial charge in [-0.25, -0.2) is 0 Å². The molecule has 0 aliphatic heterocycles. The number of benzene rings is 1. The topological polar surface area (TPSA) is 52.8 Å². The summed E-state index contributed by atoms with van der Waals surface area (Å²) in [5.74, 6) is 0.220. The molecular weight excluding hydrogens is 298 g/mol. The van der Waals surface area contributed by atoms with E-state index in [9.17, 15) is 5.11 Å². The first-order valence-electron chi connectivity index (χ1n) is 9.61. The van der Waals surface area contributed by atoms with Crippen molar-refractivity contribution in [2.45, 2.75) is 91.4 Å². The second-order valence-corrected chi connectivity index (χ2v) is 6.93. The summed E-state index contributed by atoms with van der Waals surface area (Å²) in [4.78, 5) is 0. The number of hydrogen-bond acceptors (Lipinski definition) is 3. The molecule has 0 radical (unpaired) electrons. The number of nitrogens with zero attached hydrogens (tertiary/aromatic N) is 1. The maximum atomic E-state index is 10.1. The van der Waals surface area contributed by atoms with Crippen LogP contribution in [0.25, 0.3) is 0 Å². The number of hydrogen-bond donors (Lipinski definition) is 2. The molecule has 3 nitrogen and oxygen atoms in total. The van der Waals surface area contributed by atoms with E-state index in [1.54, 1.807) is 6.92 Å². The number of unbranched alkanes of at least 4 members (excludes halogenated alkanes) is 9. The molecule has 0 atom stereocenters. The van der Waals surface area contributed by atoms with Crippen molar-refractivity contribution in [3.05, 3.63) is 28.8 Å². The zero-order valence-electron chi connectivity index (χ0n) is 15.8. The van der Waals surface area contributed by atoms with Crippen molar-refractivity contribution in [1.29, 1.82) is 0 Å². The van der Waals surface area contributed by atoms with Crippen LogP contribution in [0.2, 0.25) is 0 Å². The summed E-state index contributed by atoms with van der Waals surface area (Å²) in [7, 11) is 0. The lowest BCUT2D eigenvalue weighted by atomic mass is 9.98. The minimum Gasteiger partial charge on any atom is -0.507 e. The van der Waals surface area contributed by atoms with E-state index in [-0.39, 0.29) is 5.75 Å². The van der Waals surface area contributed by atoms with Gasteiger partial charge in [0.05, 0.1) is 5.71 Å². The molecular formula is C21H35NO2. The van der Waals surface area contributed by atoms with Crippen LogP contribution >= 0.6 is 0 Å². The van der Waals surface area contributed by atoms with Gasteiger partial charge in [0.1, 0.15) is 5.75 Å². The van der Waals surface area contributed by atoms with Crippen LogP contribution in [0.15, 0.2) is 17.3 Å². The van der Waals surface area contributed by atoms with E-state index in [0.29, 0.717) is 11.3 Å². The highest BCUT2D eigenvalue weighted by Gasteiger charge is 2.10. The summed E-state index contributed by atoms with van der Waals surface area (Å²) in [5.41, 5.74) is 3.15. The third-order valence-corrected chi connectivity index (χ3v) is 4.72. The molecule has 0 spiro atoms. The van der Waals surface area contributed by atoms with Crippen LogP contribution in [-0.4, -0.2) is 16.0 Å². The molecule has 0 saturated heterocycles. The Morgan fingerprint density at radius 3 is 2.00 bits per heavy atom.